The normalized spacial score (nSPS) is 18.0. The molecule has 1 saturated heterocycles. The van der Waals surface area contributed by atoms with Crippen molar-refractivity contribution in [1.29, 1.82) is 0 Å². The zero-order chi connectivity index (χ0) is 22.8. The fourth-order valence-corrected chi connectivity index (χ4v) is 4.47. The van der Waals surface area contributed by atoms with Gasteiger partial charge in [0.1, 0.15) is 5.82 Å². The molecule has 1 fully saturated rings. The third kappa shape index (κ3) is 4.47. The summed E-state index contributed by atoms with van der Waals surface area (Å²) < 4.78 is 5.32. The van der Waals surface area contributed by atoms with Crippen molar-refractivity contribution in [2.75, 3.05) is 36.9 Å². The number of urea groups is 1. The van der Waals surface area contributed by atoms with Crippen molar-refractivity contribution in [1.82, 2.24) is 14.9 Å². The number of rotatable bonds is 4. The molecule has 0 bridgehead atoms. The predicted octanol–water partition coefficient (Wildman–Crippen LogP) is 4.45. The molecule has 1 aliphatic carbocycles. The Morgan fingerprint density at radius 2 is 1.94 bits per heavy atom. The second kappa shape index (κ2) is 9.07. The number of ether oxygens (including phenoxy) is 1. The number of aromatic amines is 1. The van der Waals surface area contributed by atoms with Gasteiger partial charge in [0.2, 0.25) is 0 Å². The Balaban J connectivity index is 1.49. The molecule has 8 heteroatoms. The number of morpholine rings is 1. The van der Waals surface area contributed by atoms with Gasteiger partial charge >= 0.3 is 6.03 Å². The molecule has 1 atom stereocenters. The predicted molar refractivity (Wildman–Crippen MR) is 127 cm³/mol. The fourth-order valence-electron chi connectivity index (χ4n) is 4.47. The molecule has 2 aliphatic rings. The number of ketones is 1. The van der Waals surface area contributed by atoms with E-state index in [9.17, 15) is 9.59 Å². The molecule has 0 spiro atoms. The van der Waals surface area contributed by atoms with Gasteiger partial charge in [0.05, 0.1) is 30.2 Å². The van der Waals surface area contributed by atoms with Crippen molar-refractivity contribution >= 4 is 29.0 Å². The van der Waals surface area contributed by atoms with Crippen LogP contribution in [-0.2, 0) is 11.2 Å². The van der Waals surface area contributed by atoms with Gasteiger partial charge in [-0.05, 0) is 36.6 Å². The van der Waals surface area contributed by atoms with Gasteiger partial charge < -0.3 is 19.9 Å². The first-order valence-corrected chi connectivity index (χ1v) is 11.3. The number of nitrogens with zero attached hydrogens (tertiary/aromatic N) is 2. The first-order valence-electron chi connectivity index (χ1n) is 11.3. The Morgan fingerprint density at radius 1 is 1.15 bits per heavy atom. The molecule has 2 aromatic heterocycles. The van der Waals surface area contributed by atoms with E-state index in [-0.39, 0.29) is 11.8 Å². The Hall–Kier alpha value is -3.65. The molecule has 0 saturated carbocycles. The lowest BCUT2D eigenvalue weighted by Gasteiger charge is -2.26. The van der Waals surface area contributed by atoms with Gasteiger partial charge in [-0.1, -0.05) is 25.1 Å². The smallest absolute Gasteiger partial charge is 0.323 e. The van der Waals surface area contributed by atoms with Crippen molar-refractivity contribution in [3.8, 4) is 11.3 Å². The quantitative estimate of drug-likeness (QED) is 0.551. The molecule has 1 unspecified atom stereocenters. The number of hydrogen-bond donors (Lipinski definition) is 3. The van der Waals surface area contributed by atoms with E-state index in [2.05, 4.69) is 27.5 Å². The van der Waals surface area contributed by atoms with E-state index in [1.54, 1.807) is 11.1 Å². The van der Waals surface area contributed by atoms with E-state index in [4.69, 9.17) is 4.74 Å². The second-order valence-electron chi connectivity index (χ2n) is 8.62. The first kappa shape index (κ1) is 21.2. The third-order valence-corrected chi connectivity index (χ3v) is 6.07. The Kier molecular flexibility index (Phi) is 5.83. The number of para-hydroxylation sites is 1. The van der Waals surface area contributed by atoms with Crippen LogP contribution < -0.4 is 10.6 Å². The average molecular weight is 446 g/mol. The van der Waals surface area contributed by atoms with Crippen molar-refractivity contribution in [2.45, 2.75) is 19.8 Å². The highest BCUT2D eigenvalue weighted by molar-refractivity contribution is 6.07. The number of fused-ring (bicyclic) bond motifs is 1. The Labute approximate surface area is 192 Å². The zero-order valence-electron chi connectivity index (χ0n) is 18.6. The van der Waals surface area contributed by atoms with Crippen molar-refractivity contribution in [2.24, 2.45) is 5.92 Å². The summed E-state index contributed by atoms with van der Waals surface area (Å²) in [4.78, 5) is 35.1. The van der Waals surface area contributed by atoms with E-state index in [0.29, 0.717) is 44.5 Å². The zero-order valence-corrected chi connectivity index (χ0v) is 18.6. The van der Waals surface area contributed by atoms with Crippen molar-refractivity contribution in [3.63, 3.8) is 0 Å². The number of carbonyl (C=O) groups is 2. The van der Waals surface area contributed by atoms with Crippen LogP contribution in [0.2, 0.25) is 0 Å². The minimum atomic E-state index is -0.194. The van der Waals surface area contributed by atoms with Crippen molar-refractivity contribution < 1.29 is 14.3 Å². The number of nitrogens with one attached hydrogen (secondary N) is 3. The lowest BCUT2D eigenvalue weighted by molar-refractivity contribution is 0.0564. The lowest BCUT2D eigenvalue weighted by Crippen LogP contribution is -2.43. The summed E-state index contributed by atoms with van der Waals surface area (Å²) >= 11 is 0. The maximum atomic E-state index is 13.0. The van der Waals surface area contributed by atoms with Crippen LogP contribution in [-0.4, -0.2) is 53.0 Å². The van der Waals surface area contributed by atoms with Gasteiger partial charge in [0.25, 0.3) is 0 Å². The van der Waals surface area contributed by atoms with Gasteiger partial charge in [-0.2, -0.15) is 0 Å². The number of benzene rings is 1. The highest BCUT2D eigenvalue weighted by atomic mass is 16.5. The number of amides is 2. The molecule has 170 valence electrons. The van der Waals surface area contributed by atoms with E-state index in [1.165, 1.54) is 0 Å². The van der Waals surface area contributed by atoms with Crippen LogP contribution in [0.15, 0.2) is 48.7 Å². The number of H-pyrrole nitrogens is 1. The SMILES string of the molecule is CC1CC(=O)c2c([nH]c(-c3ccnc(NC(=O)N4CCOCC4)c3)c2Nc2ccccc2)C1. The monoisotopic (exact) mass is 445 g/mol. The number of carbonyl (C=O) groups excluding carboxylic acids is 2. The van der Waals surface area contributed by atoms with Crippen LogP contribution >= 0.6 is 0 Å². The van der Waals surface area contributed by atoms with Crippen LogP contribution in [0.5, 0.6) is 0 Å². The van der Waals surface area contributed by atoms with Crippen molar-refractivity contribution in [3.05, 3.63) is 59.9 Å². The molecule has 3 heterocycles. The molecule has 1 aliphatic heterocycles. The summed E-state index contributed by atoms with van der Waals surface area (Å²) in [6, 6.07) is 13.3. The minimum Gasteiger partial charge on any atom is -0.378 e. The Bertz CT molecular complexity index is 1170. The number of hydrogen-bond acceptors (Lipinski definition) is 5. The topological polar surface area (TPSA) is 99.3 Å². The summed E-state index contributed by atoms with van der Waals surface area (Å²) in [5.41, 5.74) is 5.00. The maximum absolute atomic E-state index is 13.0. The number of Topliss-reactive ketones (excluding diaryl/α,β-unsaturated/α-hetero) is 1. The summed E-state index contributed by atoms with van der Waals surface area (Å²) in [6.07, 6.45) is 3.02. The largest absolute Gasteiger partial charge is 0.378 e. The number of pyridine rings is 1. The first-order chi connectivity index (χ1) is 16.1. The van der Waals surface area contributed by atoms with Crippen LogP contribution in [0.1, 0.15) is 29.4 Å². The van der Waals surface area contributed by atoms with Crippen LogP contribution in [0.25, 0.3) is 11.3 Å². The fraction of sp³-hybridized carbons (Fsp3) is 0.320. The van der Waals surface area contributed by atoms with E-state index in [0.717, 1.165) is 40.3 Å². The van der Waals surface area contributed by atoms with Crippen LogP contribution in [0.4, 0.5) is 22.0 Å². The Morgan fingerprint density at radius 3 is 2.73 bits per heavy atom. The lowest BCUT2D eigenvalue weighted by atomic mass is 9.87. The molecule has 1 aromatic carbocycles. The molecular weight excluding hydrogens is 418 g/mol. The van der Waals surface area contributed by atoms with E-state index >= 15 is 0 Å². The van der Waals surface area contributed by atoms with Crippen LogP contribution in [0.3, 0.4) is 0 Å². The molecule has 0 radical (unpaired) electrons. The number of aromatic nitrogens is 2. The summed E-state index contributed by atoms with van der Waals surface area (Å²) in [5.74, 6) is 0.892. The van der Waals surface area contributed by atoms with Gasteiger partial charge in [-0.3, -0.25) is 10.1 Å². The van der Waals surface area contributed by atoms with Gasteiger partial charge in [0.15, 0.2) is 5.78 Å². The molecule has 8 nitrogen and oxygen atoms in total. The van der Waals surface area contributed by atoms with Gasteiger partial charge in [-0.25, -0.2) is 9.78 Å². The van der Waals surface area contributed by atoms with Gasteiger partial charge in [-0.15, -0.1) is 0 Å². The van der Waals surface area contributed by atoms with E-state index < -0.39 is 0 Å². The highest BCUT2D eigenvalue weighted by Gasteiger charge is 2.30. The standard InChI is InChI=1S/C25H27N5O3/c1-16-13-19-22(20(31)14-16)24(27-18-5-3-2-4-6-18)23(28-19)17-7-8-26-21(15-17)29-25(32)30-9-11-33-12-10-30/h2-8,15-16,27-28H,9-14H2,1H3,(H,26,29,32). The van der Waals surface area contributed by atoms with Crippen LogP contribution in [0, 0.1) is 5.92 Å². The average Bonchev–Trinajstić information content (AvgIpc) is 3.18. The molecule has 33 heavy (non-hydrogen) atoms. The third-order valence-electron chi connectivity index (χ3n) is 6.07. The summed E-state index contributed by atoms with van der Waals surface area (Å²) in [7, 11) is 0. The van der Waals surface area contributed by atoms with Gasteiger partial charge in [0, 0.05) is 42.7 Å². The molecule has 3 aromatic rings. The molecule has 5 rings (SSSR count). The summed E-state index contributed by atoms with van der Waals surface area (Å²) in [5, 5.41) is 6.34. The maximum Gasteiger partial charge on any atom is 0.323 e. The molecule has 2 amide bonds. The minimum absolute atomic E-state index is 0.139. The van der Waals surface area contributed by atoms with E-state index in [1.807, 2.05) is 42.5 Å². The number of anilines is 3. The molecule has 3 N–H and O–H groups in total. The summed E-state index contributed by atoms with van der Waals surface area (Å²) in [6.45, 7) is 4.28. The second-order valence-corrected chi connectivity index (χ2v) is 8.62. The molecular formula is C25H27N5O3. The highest BCUT2D eigenvalue weighted by Crippen LogP contribution is 2.40.